The zero-order valence-corrected chi connectivity index (χ0v) is 14.8. The zero-order valence-electron chi connectivity index (χ0n) is 14.1. The van der Waals surface area contributed by atoms with Crippen LogP contribution in [0, 0.1) is 0 Å². The zero-order chi connectivity index (χ0) is 17.0. The fourth-order valence-corrected chi connectivity index (χ4v) is 2.55. The Balaban J connectivity index is 2.08. The van der Waals surface area contributed by atoms with E-state index in [-0.39, 0.29) is 6.09 Å². The number of carbonyl (C=O) groups is 1. The Morgan fingerprint density at radius 3 is 2.70 bits per heavy atom. The van der Waals surface area contributed by atoms with E-state index in [0.29, 0.717) is 24.7 Å². The highest BCUT2D eigenvalue weighted by Gasteiger charge is 2.24. The van der Waals surface area contributed by atoms with E-state index in [4.69, 9.17) is 21.1 Å². The van der Waals surface area contributed by atoms with Crippen LogP contribution < -0.4 is 4.74 Å². The first kappa shape index (κ1) is 17.6. The average Bonchev–Trinajstić information content (AvgIpc) is 2.52. The smallest absolute Gasteiger partial charge is 0.410 e. The number of rotatable bonds is 3. The maximum atomic E-state index is 12.1. The van der Waals surface area contributed by atoms with Crippen molar-refractivity contribution in [3.8, 4) is 5.75 Å². The van der Waals surface area contributed by atoms with Crippen molar-refractivity contribution in [2.45, 2.75) is 38.7 Å². The number of hydrogen-bond acceptors (Lipinski definition) is 4. The molecule has 0 saturated carbocycles. The van der Waals surface area contributed by atoms with Crippen molar-refractivity contribution in [2.24, 2.45) is 0 Å². The van der Waals surface area contributed by atoms with Gasteiger partial charge in [0.1, 0.15) is 11.4 Å². The second-order valence-corrected chi connectivity index (χ2v) is 6.68. The van der Waals surface area contributed by atoms with Crippen molar-refractivity contribution >= 4 is 23.3 Å². The summed E-state index contributed by atoms with van der Waals surface area (Å²) in [5.41, 5.74) is 2.40. The summed E-state index contributed by atoms with van der Waals surface area (Å²) in [5.74, 6) is 1.00. The average molecular weight is 339 g/mol. The minimum absolute atomic E-state index is 0.277. The molecule has 23 heavy (non-hydrogen) atoms. The van der Waals surface area contributed by atoms with Crippen molar-refractivity contribution in [1.29, 1.82) is 0 Å². The standard InChI is InChI=1S/C17H23ClN2O3/c1-17(2,3)23-16(21)20-7-5-12(6-8-20)13-9-15(22-4)14(10-18)19-11-13/h5,9,11H,6-8,10H2,1-4H3. The van der Waals surface area contributed by atoms with Gasteiger partial charge in [0.15, 0.2) is 0 Å². The fourth-order valence-electron chi connectivity index (χ4n) is 2.35. The van der Waals surface area contributed by atoms with Gasteiger partial charge in [-0.2, -0.15) is 0 Å². The molecule has 0 fully saturated rings. The number of nitrogens with zero attached hydrogens (tertiary/aromatic N) is 2. The molecule has 6 heteroatoms. The summed E-state index contributed by atoms with van der Waals surface area (Å²) in [5, 5.41) is 0. The minimum Gasteiger partial charge on any atom is -0.495 e. The number of halogens is 1. The molecule has 0 atom stereocenters. The molecule has 0 spiro atoms. The number of methoxy groups -OCH3 is 1. The second-order valence-electron chi connectivity index (χ2n) is 6.41. The molecule has 5 nitrogen and oxygen atoms in total. The molecule has 2 heterocycles. The lowest BCUT2D eigenvalue weighted by Gasteiger charge is -2.29. The number of pyridine rings is 1. The molecule has 0 bridgehead atoms. The van der Waals surface area contributed by atoms with Gasteiger partial charge in [0.2, 0.25) is 0 Å². The Labute approximate surface area is 142 Å². The second kappa shape index (κ2) is 7.21. The first-order chi connectivity index (χ1) is 10.8. The summed E-state index contributed by atoms with van der Waals surface area (Å²) in [7, 11) is 1.61. The van der Waals surface area contributed by atoms with Crippen molar-refractivity contribution in [3.63, 3.8) is 0 Å². The molecule has 1 aromatic rings. The lowest BCUT2D eigenvalue weighted by atomic mass is 10.0. The molecule has 0 N–H and O–H groups in total. The highest BCUT2D eigenvalue weighted by molar-refractivity contribution is 6.17. The van der Waals surface area contributed by atoms with E-state index >= 15 is 0 Å². The van der Waals surface area contributed by atoms with Gasteiger partial charge in [-0.1, -0.05) is 6.08 Å². The maximum Gasteiger partial charge on any atom is 0.410 e. The highest BCUT2D eigenvalue weighted by Crippen LogP contribution is 2.27. The predicted molar refractivity (Wildman–Crippen MR) is 90.7 cm³/mol. The van der Waals surface area contributed by atoms with Gasteiger partial charge >= 0.3 is 6.09 Å². The number of carbonyl (C=O) groups excluding carboxylic acids is 1. The molecule has 0 saturated heterocycles. The van der Waals surface area contributed by atoms with Crippen molar-refractivity contribution in [2.75, 3.05) is 20.2 Å². The van der Waals surface area contributed by atoms with E-state index in [9.17, 15) is 4.79 Å². The molecule has 1 aromatic heterocycles. The van der Waals surface area contributed by atoms with E-state index in [2.05, 4.69) is 4.98 Å². The molecular weight excluding hydrogens is 316 g/mol. The third-order valence-electron chi connectivity index (χ3n) is 3.51. The topological polar surface area (TPSA) is 51.7 Å². The Morgan fingerprint density at radius 1 is 1.43 bits per heavy atom. The molecular formula is C17H23ClN2O3. The Morgan fingerprint density at radius 2 is 2.17 bits per heavy atom. The number of amides is 1. The number of ether oxygens (including phenoxy) is 2. The minimum atomic E-state index is -0.476. The van der Waals surface area contributed by atoms with Crippen LogP contribution in [0.1, 0.15) is 38.4 Å². The van der Waals surface area contributed by atoms with Gasteiger partial charge in [0, 0.05) is 19.3 Å². The summed E-state index contributed by atoms with van der Waals surface area (Å²) < 4.78 is 10.7. The maximum absolute atomic E-state index is 12.1. The van der Waals surface area contributed by atoms with Gasteiger partial charge in [-0.15, -0.1) is 11.6 Å². The Bertz CT molecular complexity index is 608. The van der Waals surface area contributed by atoms with Crippen LogP contribution in [0.5, 0.6) is 5.75 Å². The molecule has 126 valence electrons. The van der Waals surface area contributed by atoms with Crippen molar-refractivity contribution in [1.82, 2.24) is 9.88 Å². The van der Waals surface area contributed by atoms with E-state index in [1.165, 1.54) is 0 Å². The van der Waals surface area contributed by atoms with Crippen molar-refractivity contribution in [3.05, 3.63) is 29.6 Å². The molecule has 0 aromatic carbocycles. The van der Waals surface area contributed by atoms with Gasteiger partial charge in [-0.05, 0) is 44.4 Å². The summed E-state index contributed by atoms with van der Waals surface area (Å²) in [6.07, 6.45) is 4.31. The van der Waals surface area contributed by atoms with E-state index in [1.807, 2.05) is 32.9 Å². The van der Waals surface area contributed by atoms with E-state index in [1.54, 1.807) is 18.2 Å². The van der Waals surface area contributed by atoms with Crippen LogP contribution in [-0.2, 0) is 10.6 Å². The predicted octanol–water partition coefficient (Wildman–Crippen LogP) is 3.85. The monoisotopic (exact) mass is 338 g/mol. The molecule has 0 aliphatic carbocycles. The molecule has 0 radical (unpaired) electrons. The quantitative estimate of drug-likeness (QED) is 0.785. The SMILES string of the molecule is COc1cc(C2=CCN(C(=O)OC(C)(C)C)CC2)cnc1CCl. The molecule has 1 aliphatic rings. The van der Waals surface area contributed by atoms with Crippen LogP contribution in [0.15, 0.2) is 18.3 Å². The van der Waals surface area contributed by atoms with Gasteiger partial charge in [-0.3, -0.25) is 4.98 Å². The van der Waals surface area contributed by atoms with Crippen LogP contribution in [0.25, 0.3) is 5.57 Å². The first-order valence-electron chi connectivity index (χ1n) is 7.60. The van der Waals surface area contributed by atoms with E-state index < -0.39 is 5.60 Å². The molecule has 1 amide bonds. The van der Waals surface area contributed by atoms with Crippen LogP contribution in [-0.4, -0.2) is 41.8 Å². The van der Waals surface area contributed by atoms with Gasteiger partial charge in [-0.25, -0.2) is 4.79 Å². The Kier molecular flexibility index (Phi) is 5.52. The first-order valence-corrected chi connectivity index (χ1v) is 8.13. The number of alkyl halides is 1. The summed E-state index contributed by atoms with van der Waals surface area (Å²) in [6, 6.07) is 1.94. The molecule has 2 rings (SSSR count). The van der Waals surface area contributed by atoms with Gasteiger partial charge in [0.25, 0.3) is 0 Å². The van der Waals surface area contributed by atoms with Crippen LogP contribution in [0.3, 0.4) is 0 Å². The summed E-state index contributed by atoms with van der Waals surface area (Å²) in [4.78, 5) is 18.1. The molecule has 0 unspecified atom stereocenters. The number of hydrogen-bond donors (Lipinski definition) is 0. The third kappa shape index (κ3) is 4.61. The van der Waals surface area contributed by atoms with Crippen molar-refractivity contribution < 1.29 is 14.3 Å². The normalized spacial score (nSPS) is 15.2. The van der Waals surface area contributed by atoms with Gasteiger partial charge in [0.05, 0.1) is 18.7 Å². The number of aromatic nitrogens is 1. The summed E-state index contributed by atoms with van der Waals surface area (Å²) in [6.45, 7) is 6.76. The Hall–Kier alpha value is -1.75. The third-order valence-corrected chi connectivity index (χ3v) is 3.76. The van der Waals surface area contributed by atoms with Crippen LogP contribution in [0.2, 0.25) is 0 Å². The van der Waals surface area contributed by atoms with Crippen LogP contribution in [0.4, 0.5) is 4.79 Å². The van der Waals surface area contributed by atoms with E-state index in [0.717, 1.165) is 23.3 Å². The lowest BCUT2D eigenvalue weighted by molar-refractivity contribution is 0.0270. The fraction of sp³-hybridized carbons (Fsp3) is 0.529. The molecule has 1 aliphatic heterocycles. The highest BCUT2D eigenvalue weighted by atomic mass is 35.5. The van der Waals surface area contributed by atoms with Gasteiger partial charge < -0.3 is 14.4 Å². The van der Waals surface area contributed by atoms with Crippen LogP contribution >= 0.6 is 11.6 Å². The lowest BCUT2D eigenvalue weighted by Crippen LogP contribution is -2.39. The largest absolute Gasteiger partial charge is 0.495 e. The summed E-state index contributed by atoms with van der Waals surface area (Å²) >= 11 is 5.84.